The summed E-state index contributed by atoms with van der Waals surface area (Å²) >= 11 is 0. The number of carbonyl (C=O) groups is 1. The van der Waals surface area contributed by atoms with Crippen LogP contribution in [0.1, 0.15) is 24.8 Å². The SMILES string of the molecule is Cl.Cl.O=C(C1CCCCN1)N1CCN(Cc2cccc3ccccc23)CC1. The zero-order valence-corrected chi connectivity index (χ0v) is 17.2. The lowest BCUT2D eigenvalue weighted by Gasteiger charge is -2.37. The van der Waals surface area contributed by atoms with Crippen molar-refractivity contribution in [1.29, 1.82) is 0 Å². The van der Waals surface area contributed by atoms with Crippen molar-refractivity contribution >= 4 is 41.5 Å². The molecule has 2 fully saturated rings. The molecule has 6 heteroatoms. The number of nitrogens with zero attached hydrogens (tertiary/aromatic N) is 2. The van der Waals surface area contributed by atoms with Crippen molar-refractivity contribution in [1.82, 2.24) is 15.1 Å². The van der Waals surface area contributed by atoms with Gasteiger partial charge in [-0.2, -0.15) is 0 Å². The van der Waals surface area contributed by atoms with Crippen LogP contribution in [0.25, 0.3) is 10.8 Å². The van der Waals surface area contributed by atoms with Crippen LogP contribution in [0.4, 0.5) is 0 Å². The summed E-state index contributed by atoms with van der Waals surface area (Å²) in [4.78, 5) is 17.2. The first-order chi connectivity index (χ1) is 12.3. The smallest absolute Gasteiger partial charge is 0.239 e. The summed E-state index contributed by atoms with van der Waals surface area (Å²) in [6.45, 7) is 5.56. The van der Waals surface area contributed by atoms with Gasteiger partial charge in [0.05, 0.1) is 6.04 Å². The van der Waals surface area contributed by atoms with E-state index in [-0.39, 0.29) is 30.9 Å². The largest absolute Gasteiger partial charge is 0.339 e. The Bertz CT molecular complexity index is 736. The maximum absolute atomic E-state index is 12.6. The van der Waals surface area contributed by atoms with Gasteiger partial charge in [0.2, 0.25) is 5.91 Å². The van der Waals surface area contributed by atoms with Gasteiger partial charge in [0, 0.05) is 32.7 Å². The third-order valence-corrected chi connectivity index (χ3v) is 5.57. The van der Waals surface area contributed by atoms with E-state index in [1.807, 2.05) is 0 Å². The van der Waals surface area contributed by atoms with Crippen LogP contribution in [-0.4, -0.2) is 54.5 Å². The first-order valence-electron chi connectivity index (χ1n) is 9.52. The third kappa shape index (κ3) is 5.14. The third-order valence-electron chi connectivity index (χ3n) is 5.57. The monoisotopic (exact) mass is 409 g/mol. The van der Waals surface area contributed by atoms with Gasteiger partial charge in [-0.15, -0.1) is 24.8 Å². The highest BCUT2D eigenvalue weighted by Crippen LogP contribution is 2.21. The molecule has 0 radical (unpaired) electrons. The second kappa shape index (κ2) is 10.3. The Morgan fingerprint density at radius 3 is 2.44 bits per heavy atom. The molecule has 2 aromatic rings. The van der Waals surface area contributed by atoms with Crippen LogP contribution in [0.5, 0.6) is 0 Å². The van der Waals surface area contributed by atoms with E-state index < -0.39 is 0 Å². The van der Waals surface area contributed by atoms with Crippen molar-refractivity contribution < 1.29 is 4.79 Å². The molecular weight excluding hydrogens is 381 g/mol. The number of rotatable bonds is 3. The van der Waals surface area contributed by atoms with Gasteiger partial charge in [0.15, 0.2) is 0 Å². The first-order valence-corrected chi connectivity index (χ1v) is 9.52. The summed E-state index contributed by atoms with van der Waals surface area (Å²) in [6.07, 6.45) is 3.36. The van der Waals surface area contributed by atoms with Crippen molar-refractivity contribution in [2.24, 2.45) is 0 Å². The summed E-state index contributed by atoms with van der Waals surface area (Å²) in [7, 11) is 0. The Morgan fingerprint density at radius 2 is 1.70 bits per heavy atom. The maximum atomic E-state index is 12.6. The van der Waals surface area contributed by atoms with Crippen LogP contribution >= 0.6 is 24.8 Å². The molecule has 148 valence electrons. The Kier molecular flexibility index (Phi) is 8.36. The van der Waals surface area contributed by atoms with Crippen molar-refractivity contribution in [3.05, 3.63) is 48.0 Å². The van der Waals surface area contributed by atoms with E-state index in [1.165, 1.54) is 29.2 Å². The molecule has 1 amide bonds. The number of benzene rings is 2. The van der Waals surface area contributed by atoms with Crippen LogP contribution in [0.15, 0.2) is 42.5 Å². The van der Waals surface area contributed by atoms with Gasteiger partial charge < -0.3 is 10.2 Å². The molecule has 27 heavy (non-hydrogen) atoms. The fraction of sp³-hybridized carbons (Fsp3) is 0.476. The molecule has 1 atom stereocenters. The zero-order chi connectivity index (χ0) is 17.1. The molecule has 2 heterocycles. The lowest BCUT2D eigenvalue weighted by Crippen LogP contribution is -2.54. The van der Waals surface area contributed by atoms with Crippen LogP contribution in [-0.2, 0) is 11.3 Å². The fourth-order valence-corrected chi connectivity index (χ4v) is 4.08. The van der Waals surface area contributed by atoms with Crippen molar-refractivity contribution in [3.8, 4) is 0 Å². The molecule has 2 aliphatic rings. The minimum absolute atomic E-state index is 0. The first kappa shape index (κ1) is 22.0. The summed E-state index contributed by atoms with van der Waals surface area (Å²) < 4.78 is 0. The summed E-state index contributed by atoms with van der Waals surface area (Å²) in [5.41, 5.74) is 1.38. The maximum Gasteiger partial charge on any atom is 0.239 e. The molecule has 4 nitrogen and oxygen atoms in total. The molecule has 0 aliphatic carbocycles. The predicted octanol–water partition coefficient (Wildman–Crippen LogP) is 3.47. The van der Waals surface area contributed by atoms with E-state index >= 15 is 0 Å². The van der Waals surface area contributed by atoms with E-state index in [1.54, 1.807) is 0 Å². The van der Waals surface area contributed by atoms with Gasteiger partial charge in [0.25, 0.3) is 0 Å². The molecule has 1 N–H and O–H groups in total. The van der Waals surface area contributed by atoms with Gasteiger partial charge >= 0.3 is 0 Å². The second-order valence-corrected chi connectivity index (χ2v) is 7.24. The normalized spacial score (nSPS) is 20.6. The van der Waals surface area contributed by atoms with E-state index in [9.17, 15) is 4.79 Å². The fourth-order valence-electron chi connectivity index (χ4n) is 4.08. The molecule has 0 spiro atoms. The van der Waals surface area contributed by atoms with Crippen molar-refractivity contribution in [2.45, 2.75) is 31.8 Å². The topological polar surface area (TPSA) is 35.6 Å². The molecule has 2 saturated heterocycles. The Morgan fingerprint density at radius 1 is 0.963 bits per heavy atom. The Labute approximate surface area is 174 Å². The predicted molar refractivity (Wildman–Crippen MR) is 116 cm³/mol. The van der Waals surface area contributed by atoms with E-state index in [2.05, 4.69) is 57.6 Å². The lowest BCUT2D eigenvalue weighted by atomic mass is 10.0. The summed E-state index contributed by atoms with van der Waals surface area (Å²) in [5, 5.41) is 6.03. The van der Waals surface area contributed by atoms with Gasteiger partial charge in [0.1, 0.15) is 0 Å². The Balaban J connectivity index is 0.00000131. The number of hydrogen-bond acceptors (Lipinski definition) is 3. The number of fused-ring (bicyclic) bond motifs is 1. The van der Waals surface area contributed by atoms with E-state index in [4.69, 9.17) is 0 Å². The van der Waals surface area contributed by atoms with Crippen LogP contribution in [0.3, 0.4) is 0 Å². The highest BCUT2D eigenvalue weighted by Gasteiger charge is 2.28. The average Bonchev–Trinajstić information content (AvgIpc) is 2.69. The van der Waals surface area contributed by atoms with Gasteiger partial charge in [-0.1, -0.05) is 48.9 Å². The van der Waals surface area contributed by atoms with Gasteiger partial charge in [-0.3, -0.25) is 9.69 Å². The van der Waals surface area contributed by atoms with E-state index in [0.29, 0.717) is 5.91 Å². The molecule has 2 aliphatic heterocycles. The van der Waals surface area contributed by atoms with Crippen molar-refractivity contribution in [2.75, 3.05) is 32.7 Å². The van der Waals surface area contributed by atoms with Gasteiger partial charge in [-0.05, 0) is 35.7 Å². The number of carbonyl (C=O) groups excluding carboxylic acids is 1. The van der Waals surface area contributed by atoms with Crippen LogP contribution < -0.4 is 5.32 Å². The summed E-state index contributed by atoms with van der Waals surface area (Å²) in [6, 6.07) is 15.2. The van der Waals surface area contributed by atoms with E-state index in [0.717, 1.165) is 45.7 Å². The number of hydrogen-bond donors (Lipinski definition) is 1. The second-order valence-electron chi connectivity index (χ2n) is 7.24. The highest BCUT2D eigenvalue weighted by molar-refractivity contribution is 5.86. The minimum atomic E-state index is 0. The molecule has 0 aromatic heterocycles. The average molecular weight is 410 g/mol. The van der Waals surface area contributed by atoms with Crippen molar-refractivity contribution in [3.63, 3.8) is 0 Å². The molecular formula is C21H29Cl2N3O. The molecule has 0 saturated carbocycles. The highest BCUT2D eigenvalue weighted by atomic mass is 35.5. The molecule has 4 rings (SSSR count). The minimum Gasteiger partial charge on any atom is -0.339 e. The molecule has 1 unspecified atom stereocenters. The Hall–Kier alpha value is -1.33. The zero-order valence-electron chi connectivity index (χ0n) is 15.6. The number of halogens is 2. The van der Waals surface area contributed by atoms with Crippen LogP contribution in [0.2, 0.25) is 0 Å². The lowest BCUT2D eigenvalue weighted by molar-refractivity contribution is -0.135. The number of piperidine rings is 1. The standard InChI is InChI=1S/C21H27N3O.2ClH/c25-21(20-10-3-4-11-22-20)24-14-12-23(13-15-24)16-18-8-5-7-17-6-1-2-9-19(17)18;;/h1-2,5-9,20,22H,3-4,10-16H2;2*1H. The van der Waals surface area contributed by atoms with Crippen LogP contribution in [0, 0.1) is 0 Å². The quantitative estimate of drug-likeness (QED) is 0.842. The number of nitrogens with one attached hydrogen (secondary N) is 1. The number of amides is 1. The number of piperazine rings is 1. The molecule has 0 bridgehead atoms. The molecule has 2 aromatic carbocycles. The van der Waals surface area contributed by atoms with Gasteiger partial charge in [-0.25, -0.2) is 0 Å². The summed E-state index contributed by atoms with van der Waals surface area (Å²) in [5.74, 6) is 0.310.